The molecule has 0 saturated carbocycles. The molecule has 0 aromatic rings. The second-order valence-corrected chi connectivity index (χ2v) is 3.76. The molecule has 0 fully saturated rings. The average Bonchev–Trinajstić information content (AvgIpc) is 2.00. The predicted octanol–water partition coefficient (Wildman–Crippen LogP) is 0.711. The molecule has 0 spiro atoms. The normalized spacial score (nSPS) is 12.4. The highest BCUT2D eigenvalue weighted by Gasteiger charge is 2.17. The van der Waals surface area contributed by atoms with Gasteiger partial charge in [0.15, 0.2) is 0 Å². The van der Waals surface area contributed by atoms with Gasteiger partial charge in [-0.05, 0) is 20.8 Å². The number of nitrogens with two attached hydrogens (primary N) is 1. The standard InChI is InChI=1S/C8H17N3OS/c1-5(2)10-8(12)11(4)6(3)7(9)13/h5-6H,1-4H3,(H2,9,13)(H,10,12). The van der Waals surface area contributed by atoms with Crippen LogP contribution in [0.25, 0.3) is 0 Å². The second-order valence-electron chi connectivity index (χ2n) is 3.29. The molecule has 0 bridgehead atoms. The predicted molar refractivity (Wildman–Crippen MR) is 57.7 cm³/mol. The van der Waals surface area contributed by atoms with E-state index in [9.17, 15) is 4.79 Å². The number of nitrogens with one attached hydrogen (secondary N) is 1. The van der Waals surface area contributed by atoms with Crippen molar-refractivity contribution < 1.29 is 4.79 Å². The van der Waals surface area contributed by atoms with Crippen molar-refractivity contribution >= 4 is 23.2 Å². The molecule has 2 amide bonds. The van der Waals surface area contributed by atoms with Crippen molar-refractivity contribution in [3.8, 4) is 0 Å². The van der Waals surface area contributed by atoms with Gasteiger partial charge in [0.25, 0.3) is 0 Å². The van der Waals surface area contributed by atoms with Crippen LogP contribution >= 0.6 is 12.2 Å². The number of hydrogen-bond acceptors (Lipinski definition) is 2. The van der Waals surface area contributed by atoms with Gasteiger partial charge in [0.05, 0.1) is 11.0 Å². The molecule has 0 aliphatic carbocycles. The smallest absolute Gasteiger partial charge is 0.317 e. The summed E-state index contributed by atoms with van der Waals surface area (Å²) in [6.45, 7) is 5.59. The van der Waals surface area contributed by atoms with Crippen LogP contribution in [0.2, 0.25) is 0 Å². The minimum Gasteiger partial charge on any atom is -0.392 e. The maximum Gasteiger partial charge on any atom is 0.317 e. The molecule has 1 unspecified atom stereocenters. The molecule has 0 heterocycles. The van der Waals surface area contributed by atoms with Crippen molar-refractivity contribution in [1.29, 1.82) is 0 Å². The lowest BCUT2D eigenvalue weighted by Crippen LogP contribution is -2.48. The molecule has 13 heavy (non-hydrogen) atoms. The number of likely N-dealkylation sites (N-methyl/N-ethyl adjacent to an activating group) is 1. The molecular formula is C8H17N3OS. The lowest BCUT2D eigenvalue weighted by Gasteiger charge is -2.25. The Morgan fingerprint density at radius 1 is 1.46 bits per heavy atom. The average molecular weight is 203 g/mol. The van der Waals surface area contributed by atoms with Crippen molar-refractivity contribution in [3.05, 3.63) is 0 Å². The van der Waals surface area contributed by atoms with Crippen molar-refractivity contribution in [1.82, 2.24) is 10.2 Å². The number of thiocarbonyl (C=S) groups is 1. The molecule has 0 radical (unpaired) electrons. The largest absolute Gasteiger partial charge is 0.392 e. The molecule has 0 aliphatic heterocycles. The van der Waals surface area contributed by atoms with Gasteiger partial charge in [-0.2, -0.15) is 0 Å². The number of rotatable bonds is 3. The Bertz CT molecular complexity index is 206. The highest BCUT2D eigenvalue weighted by Crippen LogP contribution is 1.96. The number of urea groups is 1. The lowest BCUT2D eigenvalue weighted by atomic mass is 10.3. The van der Waals surface area contributed by atoms with E-state index in [0.29, 0.717) is 4.99 Å². The number of nitrogens with zero attached hydrogens (tertiary/aromatic N) is 1. The molecule has 3 N–H and O–H groups in total. The summed E-state index contributed by atoms with van der Waals surface area (Å²) in [6.07, 6.45) is 0. The third-order valence-electron chi connectivity index (χ3n) is 1.73. The van der Waals surface area contributed by atoms with Crippen LogP contribution in [0.3, 0.4) is 0 Å². The summed E-state index contributed by atoms with van der Waals surface area (Å²) in [5, 5.41) is 2.75. The van der Waals surface area contributed by atoms with Crippen LogP contribution in [0.5, 0.6) is 0 Å². The summed E-state index contributed by atoms with van der Waals surface area (Å²) in [5.41, 5.74) is 5.42. The fourth-order valence-corrected chi connectivity index (χ4v) is 0.874. The van der Waals surface area contributed by atoms with Crippen LogP contribution in [0.1, 0.15) is 20.8 Å². The zero-order valence-corrected chi connectivity index (χ0v) is 9.31. The van der Waals surface area contributed by atoms with Gasteiger partial charge in [-0.15, -0.1) is 0 Å². The van der Waals surface area contributed by atoms with Crippen LogP contribution in [0.15, 0.2) is 0 Å². The summed E-state index contributed by atoms with van der Waals surface area (Å²) < 4.78 is 0. The molecule has 0 aromatic carbocycles. The molecular weight excluding hydrogens is 186 g/mol. The first-order valence-electron chi connectivity index (χ1n) is 4.19. The number of carbonyl (C=O) groups excluding carboxylic acids is 1. The van der Waals surface area contributed by atoms with Gasteiger partial charge >= 0.3 is 6.03 Å². The van der Waals surface area contributed by atoms with Crippen molar-refractivity contribution in [2.45, 2.75) is 32.9 Å². The Labute approximate surface area is 84.5 Å². The van der Waals surface area contributed by atoms with Crippen LogP contribution in [-0.4, -0.2) is 35.1 Å². The van der Waals surface area contributed by atoms with Crippen molar-refractivity contribution in [2.75, 3.05) is 7.05 Å². The molecule has 0 aromatic heterocycles. The first-order chi connectivity index (χ1) is 5.86. The Kier molecular flexibility index (Phi) is 4.69. The van der Waals surface area contributed by atoms with Gasteiger partial charge in [0, 0.05) is 13.1 Å². The highest BCUT2D eigenvalue weighted by molar-refractivity contribution is 7.80. The molecule has 0 aliphatic rings. The minimum atomic E-state index is -0.214. The quantitative estimate of drug-likeness (QED) is 0.664. The van der Waals surface area contributed by atoms with E-state index in [-0.39, 0.29) is 18.1 Å². The van der Waals surface area contributed by atoms with E-state index in [0.717, 1.165) is 0 Å². The van der Waals surface area contributed by atoms with Crippen LogP contribution in [0.4, 0.5) is 4.79 Å². The van der Waals surface area contributed by atoms with Crippen LogP contribution in [0, 0.1) is 0 Å². The van der Waals surface area contributed by atoms with Crippen molar-refractivity contribution in [2.24, 2.45) is 5.73 Å². The maximum absolute atomic E-state index is 11.4. The molecule has 1 atom stereocenters. The van der Waals surface area contributed by atoms with E-state index in [2.05, 4.69) is 5.32 Å². The fraction of sp³-hybridized carbons (Fsp3) is 0.750. The summed E-state index contributed by atoms with van der Waals surface area (Å²) in [5.74, 6) is 0. The van der Waals surface area contributed by atoms with Gasteiger partial charge in [-0.3, -0.25) is 0 Å². The number of hydrogen-bond donors (Lipinski definition) is 2. The zero-order chi connectivity index (χ0) is 10.6. The van der Waals surface area contributed by atoms with Gasteiger partial charge < -0.3 is 16.0 Å². The Hall–Kier alpha value is -0.840. The van der Waals surface area contributed by atoms with Crippen molar-refractivity contribution in [3.63, 3.8) is 0 Å². The second kappa shape index (κ2) is 5.01. The van der Waals surface area contributed by atoms with Gasteiger partial charge in [-0.1, -0.05) is 12.2 Å². The lowest BCUT2D eigenvalue weighted by molar-refractivity contribution is 0.202. The Morgan fingerprint density at radius 2 is 1.92 bits per heavy atom. The summed E-state index contributed by atoms with van der Waals surface area (Å²) in [7, 11) is 1.67. The SMILES string of the molecule is CC(C)NC(=O)N(C)C(C)C(N)=S. The van der Waals surface area contributed by atoms with Crippen LogP contribution in [-0.2, 0) is 0 Å². The number of amides is 2. The van der Waals surface area contributed by atoms with Gasteiger partial charge in [-0.25, -0.2) is 4.79 Å². The van der Waals surface area contributed by atoms with Crippen LogP contribution < -0.4 is 11.1 Å². The van der Waals surface area contributed by atoms with E-state index in [1.807, 2.05) is 13.8 Å². The van der Waals surface area contributed by atoms with Gasteiger partial charge in [0.2, 0.25) is 0 Å². The van der Waals surface area contributed by atoms with E-state index in [1.165, 1.54) is 4.90 Å². The fourth-order valence-electron chi connectivity index (χ4n) is 0.716. The zero-order valence-electron chi connectivity index (χ0n) is 8.50. The molecule has 5 heteroatoms. The monoisotopic (exact) mass is 203 g/mol. The molecule has 76 valence electrons. The highest BCUT2D eigenvalue weighted by atomic mass is 32.1. The Morgan fingerprint density at radius 3 is 2.23 bits per heavy atom. The molecule has 4 nitrogen and oxygen atoms in total. The van der Waals surface area contributed by atoms with E-state index in [1.54, 1.807) is 14.0 Å². The summed E-state index contributed by atoms with van der Waals surface area (Å²) in [6, 6.07) is -0.252. The molecule has 0 saturated heterocycles. The third kappa shape index (κ3) is 4.07. The first-order valence-corrected chi connectivity index (χ1v) is 4.59. The Balaban J connectivity index is 4.17. The van der Waals surface area contributed by atoms with E-state index in [4.69, 9.17) is 18.0 Å². The topological polar surface area (TPSA) is 58.4 Å². The third-order valence-corrected chi connectivity index (χ3v) is 2.07. The maximum atomic E-state index is 11.4. The van der Waals surface area contributed by atoms with E-state index < -0.39 is 0 Å². The first kappa shape index (κ1) is 12.2. The summed E-state index contributed by atoms with van der Waals surface area (Å²) in [4.78, 5) is 13.2. The van der Waals surface area contributed by atoms with Gasteiger partial charge in [0.1, 0.15) is 0 Å². The molecule has 0 rings (SSSR count). The minimum absolute atomic E-state index is 0.119. The summed E-state index contributed by atoms with van der Waals surface area (Å²) >= 11 is 4.78. The van der Waals surface area contributed by atoms with E-state index >= 15 is 0 Å². The number of carbonyl (C=O) groups is 1.